The Morgan fingerprint density at radius 2 is 2.29 bits per heavy atom. The van der Waals surface area contributed by atoms with Gasteiger partial charge in [0.15, 0.2) is 0 Å². The maximum Gasteiger partial charge on any atom is 0.120 e. The van der Waals surface area contributed by atoms with E-state index in [4.69, 9.17) is 11.2 Å². The van der Waals surface area contributed by atoms with Crippen LogP contribution in [-0.4, -0.2) is 11.6 Å². The third-order valence-electron chi connectivity index (χ3n) is 1.75. The Balaban J connectivity index is 2.15. The van der Waals surface area contributed by atoms with E-state index in [9.17, 15) is 0 Å². The van der Waals surface area contributed by atoms with E-state index in [2.05, 4.69) is 17.0 Å². The number of thiazole rings is 1. The van der Waals surface area contributed by atoms with E-state index in [1.165, 1.54) is 4.70 Å². The van der Waals surface area contributed by atoms with Crippen LogP contribution in [0.1, 0.15) is 5.01 Å². The van der Waals surface area contributed by atoms with Gasteiger partial charge in [0.25, 0.3) is 0 Å². The molecule has 0 bridgehead atoms. The van der Waals surface area contributed by atoms with Gasteiger partial charge in [0.05, 0.1) is 16.8 Å². The van der Waals surface area contributed by atoms with Gasteiger partial charge in [0, 0.05) is 0 Å². The first kappa shape index (κ1) is 9.20. The third kappa shape index (κ3) is 1.92. The predicted molar refractivity (Wildman–Crippen MR) is 58.1 cm³/mol. The highest BCUT2D eigenvalue weighted by atomic mass is 32.1. The minimum absolute atomic E-state index is 0.343. The zero-order valence-electron chi connectivity index (χ0n) is 7.56. The van der Waals surface area contributed by atoms with Crippen molar-refractivity contribution in [3.8, 4) is 12.3 Å². The number of rotatable bonds is 3. The molecule has 0 amide bonds. The monoisotopic (exact) mass is 203 g/mol. The van der Waals surface area contributed by atoms with Crippen LogP contribution in [0.4, 0.5) is 0 Å². The lowest BCUT2D eigenvalue weighted by atomic mass is 10.3. The average Bonchev–Trinajstić information content (AvgIpc) is 2.60. The number of para-hydroxylation sites is 1. The Hall–Kier alpha value is -1.37. The summed E-state index contributed by atoms with van der Waals surface area (Å²) < 4.78 is 6.40. The van der Waals surface area contributed by atoms with Crippen LogP contribution < -0.4 is 0 Å². The van der Waals surface area contributed by atoms with Crippen LogP contribution >= 0.6 is 11.3 Å². The van der Waals surface area contributed by atoms with E-state index in [-0.39, 0.29) is 0 Å². The molecule has 70 valence electrons. The van der Waals surface area contributed by atoms with Gasteiger partial charge in [0.2, 0.25) is 0 Å². The average molecular weight is 203 g/mol. The molecule has 0 saturated heterocycles. The number of nitrogens with zero attached hydrogens (tertiary/aromatic N) is 1. The summed E-state index contributed by atoms with van der Waals surface area (Å²) in [5.41, 5.74) is 1.02. The van der Waals surface area contributed by atoms with Gasteiger partial charge in [-0.3, -0.25) is 0 Å². The summed E-state index contributed by atoms with van der Waals surface area (Å²) in [6.07, 6.45) is 5.08. The number of hydrogen-bond donors (Lipinski definition) is 0. The Kier molecular flexibility index (Phi) is 2.78. The van der Waals surface area contributed by atoms with Crippen molar-refractivity contribution in [2.45, 2.75) is 6.61 Å². The van der Waals surface area contributed by atoms with Gasteiger partial charge in [-0.1, -0.05) is 18.1 Å². The maximum absolute atomic E-state index is 5.21. The molecule has 14 heavy (non-hydrogen) atoms. The van der Waals surface area contributed by atoms with Gasteiger partial charge in [-0.15, -0.1) is 17.8 Å². The van der Waals surface area contributed by atoms with Crippen LogP contribution in [0.15, 0.2) is 24.3 Å². The molecule has 0 atom stereocenters. The Labute approximate surface area is 86.5 Å². The van der Waals surface area contributed by atoms with Gasteiger partial charge in [0.1, 0.15) is 11.6 Å². The normalized spacial score (nSPS) is 10.2. The Morgan fingerprint density at radius 3 is 3.07 bits per heavy atom. The molecule has 0 aliphatic carbocycles. The quantitative estimate of drug-likeness (QED) is 0.564. The molecule has 0 unspecified atom stereocenters. The van der Waals surface area contributed by atoms with E-state index in [1.54, 1.807) is 11.3 Å². The number of hydrogen-bond acceptors (Lipinski definition) is 3. The first-order valence-corrected chi connectivity index (χ1v) is 5.07. The number of fused-ring (bicyclic) bond motifs is 1. The number of terminal acetylenes is 1. The molecule has 0 spiro atoms. The number of ether oxygens (including phenoxy) is 1. The summed E-state index contributed by atoms with van der Waals surface area (Å²) in [4.78, 5) is 4.41. The minimum atomic E-state index is 0.343. The fraction of sp³-hybridized carbons (Fsp3) is 0.182. The molecule has 0 saturated carbocycles. The zero-order chi connectivity index (χ0) is 9.80. The fourth-order valence-electron chi connectivity index (χ4n) is 1.18. The van der Waals surface area contributed by atoms with Gasteiger partial charge in [-0.05, 0) is 12.1 Å². The topological polar surface area (TPSA) is 22.1 Å². The van der Waals surface area contributed by atoms with Gasteiger partial charge in [-0.2, -0.15) is 0 Å². The molecular formula is C11H9NOS. The van der Waals surface area contributed by atoms with Crippen LogP contribution in [0.2, 0.25) is 0 Å². The number of benzene rings is 1. The molecule has 2 rings (SSSR count). The van der Waals surface area contributed by atoms with E-state index >= 15 is 0 Å². The van der Waals surface area contributed by atoms with Crippen molar-refractivity contribution < 1.29 is 4.74 Å². The van der Waals surface area contributed by atoms with Gasteiger partial charge >= 0.3 is 0 Å². The van der Waals surface area contributed by atoms with E-state index in [0.29, 0.717) is 13.2 Å². The lowest BCUT2D eigenvalue weighted by molar-refractivity contribution is 0.153. The van der Waals surface area contributed by atoms with Crippen molar-refractivity contribution in [1.82, 2.24) is 4.98 Å². The highest BCUT2D eigenvalue weighted by Crippen LogP contribution is 2.21. The number of aromatic nitrogens is 1. The van der Waals surface area contributed by atoms with Gasteiger partial charge in [-0.25, -0.2) is 4.98 Å². The molecule has 0 radical (unpaired) electrons. The highest BCUT2D eigenvalue weighted by molar-refractivity contribution is 7.18. The highest BCUT2D eigenvalue weighted by Gasteiger charge is 2.01. The summed E-state index contributed by atoms with van der Waals surface area (Å²) in [6, 6.07) is 8.04. The molecule has 1 aromatic heterocycles. The van der Waals surface area contributed by atoms with E-state index in [1.807, 2.05) is 18.2 Å². The van der Waals surface area contributed by atoms with Gasteiger partial charge < -0.3 is 4.74 Å². The summed E-state index contributed by atoms with van der Waals surface area (Å²) in [5, 5.41) is 0.974. The second-order valence-corrected chi connectivity index (χ2v) is 3.89. The van der Waals surface area contributed by atoms with Crippen LogP contribution in [0.3, 0.4) is 0 Å². The van der Waals surface area contributed by atoms with E-state index < -0.39 is 0 Å². The lowest BCUT2D eigenvalue weighted by Gasteiger charge is -1.93. The van der Waals surface area contributed by atoms with Crippen molar-refractivity contribution in [2.75, 3.05) is 6.61 Å². The Morgan fingerprint density at radius 1 is 1.43 bits per heavy atom. The second kappa shape index (κ2) is 4.23. The third-order valence-corrected chi connectivity index (χ3v) is 2.76. The molecule has 0 fully saturated rings. The van der Waals surface area contributed by atoms with Crippen molar-refractivity contribution in [1.29, 1.82) is 0 Å². The molecule has 0 N–H and O–H groups in total. The molecule has 2 nitrogen and oxygen atoms in total. The van der Waals surface area contributed by atoms with Crippen molar-refractivity contribution in [2.24, 2.45) is 0 Å². The molecule has 0 aliphatic heterocycles. The second-order valence-electron chi connectivity index (χ2n) is 2.77. The molecule has 1 aromatic carbocycles. The van der Waals surface area contributed by atoms with Crippen LogP contribution in [0.25, 0.3) is 10.2 Å². The maximum atomic E-state index is 5.21. The standard InChI is InChI=1S/C11H9NOS/c1-2-7-13-8-11-12-9-5-3-4-6-10(9)14-11/h1,3-6H,7-8H2. The van der Waals surface area contributed by atoms with E-state index in [0.717, 1.165) is 10.5 Å². The first-order chi connectivity index (χ1) is 6.90. The summed E-state index contributed by atoms with van der Waals surface area (Å²) in [6.45, 7) is 0.847. The molecule has 1 heterocycles. The zero-order valence-corrected chi connectivity index (χ0v) is 8.38. The SMILES string of the molecule is C#CCOCc1nc2ccccc2s1. The predicted octanol–water partition coefficient (Wildman–Crippen LogP) is 2.45. The fourth-order valence-corrected chi connectivity index (χ4v) is 2.08. The smallest absolute Gasteiger partial charge is 0.120 e. The molecule has 3 heteroatoms. The van der Waals surface area contributed by atoms with Crippen LogP contribution in [0.5, 0.6) is 0 Å². The molecule has 0 aliphatic rings. The Bertz CT molecular complexity index is 436. The lowest BCUT2D eigenvalue weighted by Crippen LogP contribution is -1.91. The molecular weight excluding hydrogens is 194 g/mol. The molecule has 2 aromatic rings. The summed E-state index contributed by atoms with van der Waals surface area (Å²) in [7, 11) is 0. The summed E-state index contributed by atoms with van der Waals surface area (Å²) in [5.74, 6) is 2.43. The first-order valence-electron chi connectivity index (χ1n) is 4.26. The van der Waals surface area contributed by atoms with Crippen LogP contribution in [-0.2, 0) is 11.3 Å². The summed E-state index contributed by atoms with van der Waals surface area (Å²) >= 11 is 1.64. The minimum Gasteiger partial charge on any atom is -0.362 e. The largest absolute Gasteiger partial charge is 0.362 e. The van der Waals surface area contributed by atoms with Crippen molar-refractivity contribution >= 4 is 21.6 Å². The van der Waals surface area contributed by atoms with Crippen LogP contribution in [0, 0.1) is 12.3 Å². The van der Waals surface area contributed by atoms with Crippen molar-refractivity contribution in [3.63, 3.8) is 0 Å². The van der Waals surface area contributed by atoms with Crippen molar-refractivity contribution in [3.05, 3.63) is 29.3 Å².